The molecule has 2 aliphatic rings. The zero-order valence-corrected chi connectivity index (χ0v) is 9.05. The van der Waals surface area contributed by atoms with Crippen LogP contribution < -0.4 is 5.32 Å². The van der Waals surface area contributed by atoms with Crippen molar-refractivity contribution in [1.82, 2.24) is 5.32 Å². The Hall–Kier alpha value is -0.960. The zero-order valence-electron chi connectivity index (χ0n) is 9.05. The minimum absolute atomic E-state index is 0.300. The summed E-state index contributed by atoms with van der Waals surface area (Å²) in [5.41, 5.74) is -0.627. The van der Waals surface area contributed by atoms with Gasteiger partial charge in [0.25, 0.3) is 0 Å². The van der Waals surface area contributed by atoms with Gasteiger partial charge < -0.3 is 5.32 Å². The molecular weight excluding hydrogens is 208 g/mol. The Labute approximate surface area is 93.9 Å². The molecule has 3 heteroatoms. The highest BCUT2D eigenvalue weighted by Gasteiger charge is 2.44. The van der Waals surface area contributed by atoms with Crippen LogP contribution in [0.15, 0.2) is 24.3 Å². The minimum atomic E-state index is -1.26. The molecule has 2 aliphatic heterocycles. The molecule has 2 unspecified atom stereocenters. The van der Waals surface area contributed by atoms with Crippen molar-refractivity contribution in [2.75, 3.05) is 0 Å². The molecular formula is C13H15F2N. The van der Waals surface area contributed by atoms with Gasteiger partial charge in [0.1, 0.15) is 11.5 Å². The lowest BCUT2D eigenvalue weighted by Crippen LogP contribution is -2.44. The number of nitrogens with one attached hydrogen (secondary N) is 1. The third-order valence-electron chi connectivity index (χ3n) is 3.84. The summed E-state index contributed by atoms with van der Waals surface area (Å²) in [6.45, 7) is 0. The summed E-state index contributed by atoms with van der Waals surface area (Å²) >= 11 is 0. The van der Waals surface area contributed by atoms with E-state index in [0.29, 0.717) is 30.5 Å². The smallest absolute Gasteiger partial charge is 0.139 e. The lowest BCUT2D eigenvalue weighted by Gasteiger charge is -2.35. The van der Waals surface area contributed by atoms with E-state index in [9.17, 15) is 8.78 Å². The van der Waals surface area contributed by atoms with Crippen LogP contribution in [-0.4, -0.2) is 12.1 Å². The lowest BCUT2D eigenvalue weighted by molar-refractivity contribution is 0.0873. The van der Waals surface area contributed by atoms with Gasteiger partial charge in [-0.15, -0.1) is 0 Å². The second kappa shape index (κ2) is 3.52. The summed E-state index contributed by atoms with van der Waals surface area (Å²) in [7, 11) is 0. The maximum atomic E-state index is 14.8. The molecule has 0 aromatic heterocycles. The largest absolute Gasteiger partial charge is 0.311 e. The fourth-order valence-electron chi connectivity index (χ4n) is 3.07. The van der Waals surface area contributed by atoms with E-state index < -0.39 is 5.67 Å². The van der Waals surface area contributed by atoms with E-state index in [-0.39, 0.29) is 5.82 Å². The molecule has 0 spiro atoms. The van der Waals surface area contributed by atoms with E-state index in [1.165, 1.54) is 12.1 Å². The molecule has 1 aromatic rings. The first-order valence-corrected chi connectivity index (χ1v) is 5.87. The van der Waals surface area contributed by atoms with E-state index in [1.807, 2.05) is 0 Å². The normalized spacial score (nSPS) is 37.6. The molecule has 1 N–H and O–H groups in total. The summed E-state index contributed by atoms with van der Waals surface area (Å²) < 4.78 is 27.6. The highest BCUT2D eigenvalue weighted by Crippen LogP contribution is 2.43. The summed E-state index contributed by atoms with van der Waals surface area (Å²) in [6.07, 6.45) is 3.18. The number of hydrogen-bond acceptors (Lipinski definition) is 1. The highest BCUT2D eigenvalue weighted by atomic mass is 19.1. The predicted molar refractivity (Wildman–Crippen MR) is 58.4 cm³/mol. The third kappa shape index (κ3) is 1.63. The molecule has 1 nitrogen and oxygen atoms in total. The van der Waals surface area contributed by atoms with Crippen molar-refractivity contribution in [3.05, 3.63) is 35.6 Å². The lowest BCUT2D eigenvalue weighted by atomic mass is 9.83. The van der Waals surface area contributed by atoms with Crippen molar-refractivity contribution in [3.8, 4) is 0 Å². The Bertz CT molecular complexity index is 375. The van der Waals surface area contributed by atoms with Gasteiger partial charge in [0.15, 0.2) is 0 Å². The van der Waals surface area contributed by atoms with E-state index in [2.05, 4.69) is 5.32 Å². The maximum absolute atomic E-state index is 14.8. The minimum Gasteiger partial charge on any atom is -0.311 e. The van der Waals surface area contributed by atoms with Gasteiger partial charge in [-0.05, 0) is 30.5 Å². The molecule has 2 atom stereocenters. The number of hydrogen-bond donors (Lipinski definition) is 1. The Morgan fingerprint density at radius 3 is 2.19 bits per heavy atom. The Kier molecular flexibility index (Phi) is 2.25. The number of benzene rings is 1. The molecule has 86 valence electrons. The summed E-state index contributed by atoms with van der Waals surface area (Å²) in [5, 5.41) is 3.41. The van der Waals surface area contributed by atoms with Gasteiger partial charge in [0, 0.05) is 24.9 Å². The van der Waals surface area contributed by atoms with Gasteiger partial charge in [-0.1, -0.05) is 12.1 Å². The molecule has 1 aromatic carbocycles. The first kappa shape index (κ1) is 10.2. The first-order valence-electron chi connectivity index (χ1n) is 5.87. The summed E-state index contributed by atoms with van der Waals surface area (Å²) in [6, 6.07) is 6.46. The molecule has 3 rings (SSSR count). The fourth-order valence-corrected chi connectivity index (χ4v) is 3.07. The molecule has 2 bridgehead atoms. The number of alkyl halides is 1. The number of halogens is 2. The van der Waals surface area contributed by atoms with Gasteiger partial charge in [-0.25, -0.2) is 8.78 Å². The van der Waals surface area contributed by atoms with Crippen molar-refractivity contribution >= 4 is 0 Å². The van der Waals surface area contributed by atoms with E-state index >= 15 is 0 Å². The topological polar surface area (TPSA) is 12.0 Å². The standard InChI is InChI=1S/C13H15F2N/c14-10-3-1-9(2-4-10)13(15)7-11-5-6-12(8-13)16-11/h1-4,11-12,16H,5-8H2. The van der Waals surface area contributed by atoms with Crippen LogP contribution in [0.1, 0.15) is 31.2 Å². The van der Waals surface area contributed by atoms with Crippen LogP contribution in [-0.2, 0) is 5.67 Å². The molecule has 0 radical (unpaired) electrons. The monoisotopic (exact) mass is 223 g/mol. The van der Waals surface area contributed by atoms with Gasteiger partial charge in [-0.2, -0.15) is 0 Å². The van der Waals surface area contributed by atoms with Gasteiger partial charge in [0.05, 0.1) is 0 Å². The average Bonchev–Trinajstić information content (AvgIpc) is 2.59. The van der Waals surface area contributed by atoms with Crippen LogP contribution in [0.5, 0.6) is 0 Å². The molecule has 0 aliphatic carbocycles. The van der Waals surface area contributed by atoms with Gasteiger partial charge >= 0.3 is 0 Å². The summed E-state index contributed by atoms with van der Waals surface area (Å²) in [5.74, 6) is -0.302. The molecule has 16 heavy (non-hydrogen) atoms. The SMILES string of the molecule is Fc1ccc(C2(F)CC3CCC(C2)N3)cc1. The van der Waals surface area contributed by atoms with Crippen molar-refractivity contribution in [1.29, 1.82) is 0 Å². The predicted octanol–water partition coefficient (Wildman–Crippen LogP) is 2.90. The Balaban J connectivity index is 1.90. The maximum Gasteiger partial charge on any atom is 0.139 e. The zero-order chi connectivity index (χ0) is 11.2. The molecule has 0 amide bonds. The van der Waals surface area contributed by atoms with Crippen molar-refractivity contribution < 1.29 is 8.78 Å². The summed E-state index contributed by atoms with van der Waals surface area (Å²) in [4.78, 5) is 0. The average molecular weight is 223 g/mol. The van der Waals surface area contributed by atoms with E-state index in [4.69, 9.17) is 0 Å². The van der Waals surface area contributed by atoms with Crippen LogP contribution in [0, 0.1) is 5.82 Å². The van der Waals surface area contributed by atoms with Gasteiger partial charge in [-0.3, -0.25) is 0 Å². The van der Waals surface area contributed by atoms with E-state index in [1.54, 1.807) is 12.1 Å². The molecule has 2 heterocycles. The van der Waals surface area contributed by atoms with Crippen LogP contribution in [0.3, 0.4) is 0 Å². The van der Waals surface area contributed by atoms with Crippen LogP contribution in [0.25, 0.3) is 0 Å². The molecule has 2 saturated heterocycles. The van der Waals surface area contributed by atoms with Crippen molar-refractivity contribution in [2.24, 2.45) is 0 Å². The molecule has 0 saturated carbocycles. The third-order valence-corrected chi connectivity index (χ3v) is 3.84. The van der Waals surface area contributed by atoms with E-state index in [0.717, 1.165) is 12.8 Å². The van der Waals surface area contributed by atoms with Crippen LogP contribution >= 0.6 is 0 Å². The number of rotatable bonds is 1. The number of piperidine rings is 1. The highest BCUT2D eigenvalue weighted by molar-refractivity contribution is 5.25. The Morgan fingerprint density at radius 1 is 1.06 bits per heavy atom. The second-order valence-electron chi connectivity index (χ2n) is 5.02. The van der Waals surface area contributed by atoms with Crippen molar-refractivity contribution in [2.45, 2.75) is 43.4 Å². The quantitative estimate of drug-likeness (QED) is 0.772. The van der Waals surface area contributed by atoms with Gasteiger partial charge in [0.2, 0.25) is 0 Å². The Morgan fingerprint density at radius 2 is 1.62 bits per heavy atom. The first-order chi connectivity index (χ1) is 7.66. The molecule has 2 fully saturated rings. The van der Waals surface area contributed by atoms with Crippen LogP contribution in [0.4, 0.5) is 8.78 Å². The van der Waals surface area contributed by atoms with Crippen LogP contribution in [0.2, 0.25) is 0 Å². The van der Waals surface area contributed by atoms with Crippen molar-refractivity contribution in [3.63, 3.8) is 0 Å². The number of fused-ring (bicyclic) bond motifs is 2. The fraction of sp³-hybridized carbons (Fsp3) is 0.538. The second-order valence-corrected chi connectivity index (χ2v) is 5.02.